The second kappa shape index (κ2) is 11.0. The number of nitrogens with zero attached hydrogens (tertiary/aromatic N) is 1. The van der Waals surface area contributed by atoms with E-state index in [2.05, 4.69) is 22.9 Å². The molecule has 1 amide bonds. The minimum atomic E-state index is -4.12. The molecule has 0 aliphatic carbocycles. The number of benzene rings is 3. The van der Waals surface area contributed by atoms with E-state index in [1.165, 1.54) is 12.1 Å². The number of unbranched alkanes of at least 4 members (excludes halogenated alkanes) is 1. The van der Waals surface area contributed by atoms with Gasteiger partial charge in [-0.25, -0.2) is 8.42 Å². The predicted molar refractivity (Wildman–Crippen MR) is 135 cm³/mol. The first-order valence-electron chi connectivity index (χ1n) is 10.8. The number of aryl methyl sites for hydroxylation is 3. The van der Waals surface area contributed by atoms with Crippen LogP contribution in [0.2, 0.25) is 0 Å². The van der Waals surface area contributed by atoms with E-state index in [0.29, 0.717) is 5.75 Å². The normalized spacial score (nSPS) is 11.3. The van der Waals surface area contributed by atoms with Gasteiger partial charge >= 0.3 is 0 Å². The maximum Gasteiger partial charge on any atom is 0.278 e. The lowest BCUT2D eigenvalue weighted by molar-refractivity contribution is -0.119. The number of anilines is 1. The summed E-state index contributed by atoms with van der Waals surface area (Å²) in [5, 5.41) is 0. The van der Waals surface area contributed by atoms with Crippen LogP contribution < -0.4 is 9.04 Å². The Labute approximate surface area is 204 Å². The Hall–Kier alpha value is -2.64. The Morgan fingerprint density at radius 3 is 2.24 bits per heavy atom. The molecule has 0 saturated carbocycles. The summed E-state index contributed by atoms with van der Waals surface area (Å²) in [6.45, 7) is 5.50. The first-order valence-corrected chi connectivity index (χ1v) is 13.1. The van der Waals surface area contributed by atoms with Crippen LogP contribution >= 0.6 is 15.9 Å². The molecule has 3 aromatic rings. The van der Waals surface area contributed by atoms with Gasteiger partial charge in [0.25, 0.3) is 15.9 Å². The zero-order valence-electron chi connectivity index (χ0n) is 19.0. The maximum absolute atomic E-state index is 13.5. The number of rotatable bonds is 9. The number of carbonyl (C=O) groups excluding carboxylic acids is 1. The molecular formula is C26H28BrNO4S. The van der Waals surface area contributed by atoms with Crippen LogP contribution in [0.1, 0.15) is 36.5 Å². The molecule has 0 bridgehead atoms. The van der Waals surface area contributed by atoms with Crippen molar-refractivity contribution in [2.45, 2.75) is 44.9 Å². The summed E-state index contributed by atoms with van der Waals surface area (Å²) in [6, 6.07) is 18.9. The molecule has 3 rings (SSSR count). The van der Waals surface area contributed by atoms with Crippen LogP contribution in [0.5, 0.6) is 5.75 Å². The zero-order valence-corrected chi connectivity index (χ0v) is 21.4. The summed E-state index contributed by atoms with van der Waals surface area (Å²) in [7, 11) is -4.12. The first kappa shape index (κ1) is 25.0. The molecule has 0 atom stereocenters. The average Bonchev–Trinajstić information content (AvgIpc) is 2.79. The summed E-state index contributed by atoms with van der Waals surface area (Å²) in [5.41, 5.74) is 3.27. The Morgan fingerprint density at radius 2 is 1.64 bits per heavy atom. The molecule has 0 aromatic heterocycles. The van der Waals surface area contributed by atoms with Gasteiger partial charge in [-0.3, -0.25) is 4.79 Å². The van der Waals surface area contributed by atoms with Gasteiger partial charge in [-0.05, 0) is 80.3 Å². The minimum absolute atomic E-state index is 0.0518. The number of sulfonamides is 1. The fourth-order valence-electron chi connectivity index (χ4n) is 3.32. The Bertz CT molecular complexity index is 1210. The highest BCUT2D eigenvalue weighted by molar-refractivity contribution is 9.10. The Morgan fingerprint density at radius 1 is 0.970 bits per heavy atom. The molecule has 5 nitrogen and oxygen atoms in total. The van der Waals surface area contributed by atoms with Crippen molar-refractivity contribution >= 4 is 37.5 Å². The highest BCUT2D eigenvalue weighted by atomic mass is 79.9. The predicted octanol–water partition coefficient (Wildman–Crippen LogP) is 6.21. The van der Waals surface area contributed by atoms with Crippen molar-refractivity contribution in [3.8, 4) is 5.75 Å². The van der Waals surface area contributed by atoms with Gasteiger partial charge in [0.1, 0.15) is 5.75 Å². The molecule has 0 unspecified atom stereocenters. The third kappa shape index (κ3) is 6.24. The molecular weight excluding hydrogens is 502 g/mol. The molecule has 0 aliphatic heterocycles. The van der Waals surface area contributed by atoms with E-state index >= 15 is 0 Å². The highest BCUT2D eigenvalue weighted by Gasteiger charge is 2.31. The van der Waals surface area contributed by atoms with Gasteiger partial charge in [0.2, 0.25) is 0 Å². The number of carbonyl (C=O) groups is 1. The van der Waals surface area contributed by atoms with E-state index in [1.54, 1.807) is 36.4 Å². The molecule has 3 aromatic carbocycles. The van der Waals surface area contributed by atoms with Gasteiger partial charge in [0.05, 0.1) is 10.6 Å². The molecule has 0 N–H and O–H groups in total. The van der Waals surface area contributed by atoms with E-state index in [9.17, 15) is 13.2 Å². The molecule has 7 heteroatoms. The lowest BCUT2D eigenvalue weighted by Gasteiger charge is -2.23. The second-order valence-electron chi connectivity index (χ2n) is 7.95. The van der Waals surface area contributed by atoms with Crippen molar-refractivity contribution in [2.24, 2.45) is 0 Å². The molecule has 0 saturated heterocycles. The first-order chi connectivity index (χ1) is 15.7. The average molecular weight is 530 g/mol. The summed E-state index contributed by atoms with van der Waals surface area (Å²) < 4.78 is 34.4. The van der Waals surface area contributed by atoms with Crippen molar-refractivity contribution in [1.29, 1.82) is 0 Å². The topological polar surface area (TPSA) is 63.7 Å². The quantitative estimate of drug-likeness (QED) is 0.330. The molecule has 0 aliphatic rings. The van der Waals surface area contributed by atoms with Gasteiger partial charge in [-0.1, -0.05) is 59.1 Å². The van der Waals surface area contributed by atoms with Gasteiger partial charge in [-0.2, -0.15) is 4.31 Å². The Kier molecular flexibility index (Phi) is 8.32. The van der Waals surface area contributed by atoms with Crippen LogP contribution in [0.25, 0.3) is 0 Å². The van der Waals surface area contributed by atoms with E-state index in [4.69, 9.17) is 4.74 Å². The highest BCUT2D eigenvalue weighted by Crippen LogP contribution is 2.26. The van der Waals surface area contributed by atoms with Crippen molar-refractivity contribution in [1.82, 2.24) is 0 Å². The minimum Gasteiger partial charge on any atom is -0.484 e. The van der Waals surface area contributed by atoms with E-state index < -0.39 is 22.5 Å². The smallest absolute Gasteiger partial charge is 0.278 e. The summed E-state index contributed by atoms with van der Waals surface area (Å²) in [6.07, 6.45) is 3.02. The number of ether oxygens (including phenoxy) is 1. The third-order valence-corrected chi connectivity index (χ3v) is 7.92. The molecule has 33 heavy (non-hydrogen) atoms. The van der Waals surface area contributed by atoms with Crippen molar-refractivity contribution < 1.29 is 17.9 Å². The molecule has 174 valence electrons. The fourth-order valence-corrected chi connectivity index (χ4v) is 4.98. The van der Waals surface area contributed by atoms with Gasteiger partial charge in [0, 0.05) is 4.47 Å². The monoisotopic (exact) mass is 529 g/mol. The van der Waals surface area contributed by atoms with E-state index in [-0.39, 0.29) is 10.6 Å². The van der Waals surface area contributed by atoms with Crippen LogP contribution in [0.4, 0.5) is 5.69 Å². The standard InChI is InChI=1S/C26H28BrNO4S/c1-4-5-6-21-9-11-22(12-10-21)28(33(30,31)24-14-7-19(2)8-15-24)26(29)18-32-23-13-16-25(27)20(3)17-23/h7-17H,4-6,18H2,1-3H3. The van der Waals surface area contributed by atoms with E-state index in [1.807, 2.05) is 32.0 Å². The fraction of sp³-hybridized carbons (Fsp3) is 0.269. The van der Waals surface area contributed by atoms with Crippen LogP contribution in [-0.2, 0) is 21.2 Å². The summed E-state index contributed by atoms with van der Waals surface area (Å²) >= 11 is 3.43. The maximum atomic E-state index is 13.5. The van der Waals surface area contributed by atoms with Gasteiger partial charge in [0.15, 0.2) is 6.61 Å². The van der Waals surface area contributed by atoms with Crippen molar-refractivity contribution in [2.75, 3.05) is 10.9 Å². The van der Waals surface area contributed by atoms with Crippen LogP contribution in [0.15, 0.2) is 76.1 Å². The summed E-state index contributed by atoms with van der Waals surface area (Å²) in [4.78, 5) is 13.3. The molecule has 0 heterocycles. The zero-order chi connectivity index (χ0) is 24.0. The number of hydrogen-bond donors (Lipinski definition) is 0. The van der Waals surface area contributed by atoms with Crippen LogP contribution in [0.3, 0.4) is 0 Å². The van der Waals surface area contributed by atoms with E-state index in [0.717, 1.165) is 44.7 Å². The van der Waals surface area contributed by atoms with Gasteiger partial charge < -0.3 is 4.74 Å². The van der Waals surface area contributed by atoms with Crippen molar-refractivity contribution in [3.63, 3.8) is 0 Å². The summed E-state index contributed by atoms with van der Waals surface area (Å²) in [5.74, 6) is -0.177. The SMILES string of the molecule is CCCCc1ccc(N(C(=O)COc2ccc(Br)c(C)c2)S(=O)(=O)c2ccc(C)cc2)cc1. The lowest BCUT2D eigenvalue weighted by atomic mass is 10.1. The molecule has 0 fully saturated rings. The molecule has 0 radical (unpaired) electrons. The number of halogens is 1. The number of amides is 1. The number of hydrogen-bond acceptors (Lipinski definition) is 4. The Balaban J connectivity index is 1.92. The van der Waals surface area contributed by atoms with Crippen molar-refractivity contribution in [3.05, 3.63) is 87.9 Å². The largest absolute Gasteiger partial charge is 0.484 e. The third-order valence-electron chi connectivity index (χ3n) is 5.27. The second-order valence-corrected chi connectivity index (χ2v) is 10.6. The van der Waals surface area contributed by atoms with Crippen LogP contribution in [-0.4, -0.2) is 20.9 Å². The van der Waals surface area contributed by atoms with Crippen LogP contribution in [0, 0.1) is 13.8 Å². The molecule has 0 spiro atoms. The van der Waals surface area contributed by atoms with Gasteiger partial charge in [-0.15, -0.1) is 0 Å². The lowest BCUT2D eigenvalue weighted by Crippen LogP contribution is -2.40.